The summed E-state index contributed by atoms with van der Waals surface area (Å²) < 4.78 is 48.5. The van der Waals surface area contributed by atoms with Crippen LogP contribution < -0.4 is 4.72 Å². The van der Waals surface area contributed by atoms with Crippen LogP contribution in [0.15, 0.2) is 11.2 Å². The minimum absolute atomic E-state index is 0.0883. The van der Waals surface area contributed by atoms with E-state index in [1.807, 2.05) is 0 Å². The van der Waals surface area contributed by atoms with E-state index in [2.05, 4.69) is 14.9 Å². The average molecular weight is 309 g/mol. The van der Waals surface area contributed by atoms with Gasteiger partial charge in [-0.15, -0.1) is 0 Å². The molecule has 0 radical (unpaired) electrons. The van der Waals surface area contributed by atoms with Gasteiger partial charge < -0.3 is 5.11 Å². The minimum atomic E-state index is -4.14. The summed E-state index contributed by atoms with van der Waals surface area (Å²) in [6.45, 7) is 0. The number of H-pyrrole nitrogens is 1. The van der Waals surface area contributed by atoms with E-state index < -0.39 is 42.5 Å². The summed E-state index contributed by atoms with van der Waals surface area (Å²) in [5, 5.41) is 13.7. The molecule has 19 heavy (non-hydrogen) atoms. The molecule has 0 spiro atoms. The molecule has 0 saturated carbocycles. The van der Waals surface area contributed by atoms with E-state index in [1.54, 1.807) is 0 Å². The van der Waals surface area contributed by atoms with Crippen molar-refractivity contribution in [1.82, 2.24) is 14.9 Å². The van der Waals surface area contributed by atoms with Crippen LogP contribution in [-0.4, -0.2) is 55.7 Å². The smallest absolute Gasteiger partial charge is 0.340 e. The molecule has 2 heterocycles. The molecule has 1 atom stereocenters. The largest absolute Gasteiger partial charge is 0.478 e. The average Bonchev–Trinajstić information content (AvgIpc) is 2.84. The first kappa shape index (κ1) is 14.0. The van der Waals surface area contributed by atoms with Crippen molar-refractivity contribution in [3.63, 3.8) is 0 Å². The number of aromatic nitrogens is 2. The highest BCUT2D eigenvalue weighted by Gasteiger charge is 2.33. The summed E-state index contributed by atoms with van der Waals surface area (Å²) in [7, 11) is -7.37. The zero-order valence-electron chi connectivity index (χ0n) is 9.53. The van der Waals surface area contributed by atoms with Crippen LogP contribution in [0.3, 0.4) is 0 Å². The van der Waals surface area contributed by atoms with E-state index in [9.17, 15) is 21.6 Å². The summed E-state index contributed by atoms with van der Waals surface area (Å²) in [6.07, 6.45) is 1.04. The van der Waals surface area contributed by atoms with Gasteiger partial charge in [0.15, 0.2) is 14.9 Å². The first-order chi connectivity index (χ1) is 8.71. The van der Waals surface area contributed by atoms with Gasteiger partial charge in [-0.2, -0.15) is 5.10 Å². The summed E-state index contributed by atoms with van der Waals surface area (Å²) in [5.41, 5.74) is -0.492. The van der Waals surface area contributed by atoms with E-state index >= 15 is 0 Å². The zero-order chi connectivity index (χ0) is 14.3. The molecule has 1 aliphatic heterocycles. The molecular weight excluding hydrogens is 298 g/mol. The quantitative estimate of drug-likeness (QED) is 0.618. The number of nitrogens with one attached hydrogen (secondary N) is 2. The third kappa shape index (κ3) is 2.93. The van der Waals surface area contributed by atoms with Crippen LogP contribution >= 0.6 is 0 Å². The predicted octanol–water partition coefficient (Wildman–Crippen LogP) is -1.43. The number of carbonyl (C=O) groups is 1. The van der Waals surface area contributed by atoms with E-state index in [1.165, 1.54) is 0 Å². The maximum Gasteiger partial charge on any atom is 0.340 e. The molecule has 1 saturated heterocycles. The van der Waals surface area contributed by atoms with Crippen LogP contribution in [0.4, 0.5) is 0 Å². The van der Waals surface area contributed by atoms with Gasteiger partial charge in [-0.1, -0.05) is 0 Å². The fraction of sp³-hybridized carbons (Fsp3) is 0.500. The molecule has 0 aromatic carbocycles. The van der Waals surface area contributed by atoms with Crippen molar-refractivity contribution in [2.45, 2.75) is 17.5 Å². The molecule has 1 aromatic heterocycles. The number of aromatic amines is 1. The van der Waals surface area contributed by atoms with Gasteiger partial charge in [0.1, 0.15) is 5.56 Å². The second-order valence-corrected chi connectivity index (χ2v) is 8.02. The monoisotopic (exact) mass is 309 g/mol. The number of hydrogen-bond donors (Lipinski definition) is 3. The molecule has 9 nitrogen and oxygen atoms in total. The van der Waals surface area contributed by atoms with Crippen LogP contribution in [-0.2, 0) is 19.9 Å². The molecule has 106 valence electrons. The third-order valence-electron chi connectivity index (χ3n) is 2.66. The van der Waals surface area contributed by atoms with Gasteiger partial charge in [0.2, 0.25) is 0 Å². The number of carboxylic acids is 1. The number of nitrogens with zero attached hydrogens (tertiary/aromatic N) is 1. The lowest BCUT2D eigenvalue weighted by Crippen LogP contribution is -2.36. The fourth-order valence-corrected chi connectivity index (χ4v) is 4.94. The second kappa shape index (κ2) is 4.58. The number of hydrogen-bond acceptors (Lipinski definition) is 6. The molecule has 1 aliphatic rings. The van der Waals surface area contributed by atoms with Crippen LogP contribution in [0.25, 0.3) is 0 Å². The Morgan fingerprint density at radius 2 is 2.21 bits per heavy atom. The Morgan fingerprint density at radius 3 is 2.74 bits per heavy atom. The maximum atomic E-state index is 11.9. The number of carboxylic acid groups (broad SMARTS) is 1. The van der Waals surface area contributed by atoms with Crippen molar-refractivity contribution >= 4 is 25.8 Å². The number of sulfone groups is 1. The van der Waals surface area contributed by atoms with Crippen molar-refractivity contribution in [2.24, 2.45) is 0 Å². The number of rotatable bonds is 4. The second-order valence-electron chi connectivity index (χ2n) is 4.14. The Labute approximate surface area is 109 Å². The molecule has 2 rings (SSSR count). The van der Waals surface area contributed by atoms with E-state index in [-0.39, 0.29) is 17.9 Å². The van der Waals surface area contributed by atoms with Gasteiger partial charge in [-0.25, -0.2) is 26.4 Å². The first-order valence-electron chi connectivity index (χ1n) is 5.21. The fourth-order valence-electron chi connectivity index (χ4n) is 1.80. The molecule has 1 unspecified atom stereocenters. The van der Waals surface area contributed by atoms with Gasteiger partial charge in [-0.05, 0) is 6.42 Å². The van der Waals surface area contributed by atoms with Crippen molar-refractivity contribution < 1.29 is 26.7 Å². The van der Waals surface area contributed by atoms with Gasteiger partial charge in [0.25, 0.3) is 10.0 Å². The first-order valence-corrected chi connectivity index (χ1v) is 8.51. The molecule has 0 amide bonds. The SMILES string of the molecule is O=C(O)c1cn[nH]c1S(=O)(=O)NC1CCS(=O)(=O)C1. The lowest BCUT2D eigenvalue weighted by atomic mass is 10.3. The third-order valence-corrected chi connectivity index (χ3v) is 5.92. The topological polar surface area (TPSA) is 146 Å². The van der Waals surface area contributed by atoms with Crippen molar-refractivity contribution in [3.05, 3.63) is 11.8 Å². The molecule has 11 heteroatoms. The summed E-state index contributed by atoms with van der Waals surface area (Å²) >= 11 is 0. The van der Waals surface area contributed by atoms with Crippen molar-refractivity contribution in [3.8, 4) is 0 Å². The summed E-state index contributed by atoms with van der Waals surface area (Å²) in [4.78, 5) is 10.8. The maximum absolute atomic E-state index is 11.9. The van der Waals surface area contributed by atoms with Crippen LogP contribution in [0.1, 0.15) is 16.8 Å². The standard InChI is InChI=1S/C8H11N3O6S2/c12-8(13)6-3-9-10-7(6)19(16,17)11-5-1-2-18(14,15)4-5/h3,5,11H,1-2,4H2,(H,9,10)(H,12,13). The van der Waals surface area contributed by atoms with E-state index in [0.29, 0.717) is 0 Å². The lowest BCUT2D eigenvalue weighted by molar-refractivity contribution is 0.0692. The molecule has 1 fully saturated rings. The van der Waals surface area contributed by atoms with Gasteiger partial charge in [-0.3, -0.25) is 5.10 Å². The van der Waals surface area contributed by atoms with Gasteiger partial charge in [0.05, 0.1) is 17.7 Å². The zero-order valence-corrected chi connectivity index (χ0v) is 11.2. The Balaban J connectivity index is 2.24. The van der Waals surface area contributed by atoms with E-state index in [4.69, 9.17) is 5.11 Å². The molecule has 0 bridgehead atoms. The molecule has 3 N–H and O–H groups in total. The van der Waals surface area contributed by atoms with Gasteiger partial charge >= 0.3 is 5.97 Å². The van der Waals surface area contributed by atoms with Crippen LogP contribution in [0, 0.1) is 0 Å². The molecule has 1 aromatic rings. The minimum Gasteiger partial charge on any atom is -0.478 e. The van der Waals surface area contributed by atoms with Gasteiger partial charge in [0, 0.05) is 6.04 Å². The van der Waals surface area contributed by atoms with E-state index in [0.717, 1.165) is 6.20 Å². The Kier molecular flexibility index (Phi) is 3.36. The Morgan fingerprint density at radius 1 is 1.53 bits per heavy atom. The van der Waals surface area contributed by atoms with Crippen LogP contribution in [0.2, 0.25) is 0 Å². The highest BCUT2D eigenvalue weighted by atomic mass is 32.2. The van der Waals surface area contributed by atoms with Crippen molar-refractivity contribution in [1.29, 1.82) is 0 Å². The Hall–Kier alpha value is -1.46. The number of aromatic carboxylic acids is 1. The molecule has 0 aliphatic carbocycles. The number of sulfonamides is 1. The summed E-state index contributed by atoms with van der Waals surface area (Å²) in [6, 6.07) is -0.750. The normalized spacial score (nSPS) is 22.4. The summed E-state index contributed by atoms with van der Waals surface area (Å²) in [5.74, 6) is -1.81. The van der Waals surface area contributed by atoms with Crippen LogP contribution in [0.5, 0.6) is 0 Å². The van der Waals surface area contributed by atoms with Crippen molar-refractivity contribution in [2.75, 3.05) is 11.5 Å². The highest BCUT2D eigenvalue weighted by Crippen LogP contribution is 2.16. The molecular formula is C8H11N3O6S2. The lowest BCUT2D eigenvalue weighted by Gasteiger charge is -2.10. The predicted molar refractivity (Wildman–Crippen MR) is 62.9 cm³/mol. The Bertz CT molecular complexity index is 705. The highest BCUT2D eigenvalue weighted by molar-refractivity contribution is 7.92.